The van der Waals surface area contributed by atoms with E-state index in [9.17, 15) is 9.18 Å². The lowest BCUT2D eigenvalue weighted by atomic mass is 9.79. The Morgan fingerprint density at radius 1 is 0.923 bits per heavy atom. The maximum Gasteiger partial charge on any atom is 0.238 e. The monoisotopic (exact) mass is 364 g/mol. The number of amides is 1. The third-order valence-electron chi connectivity index (χ3n) is 4.42. The van der Waals surface area contributed by atoms with Crippen molar-refractivity contribution in [2.75, 3.05) is 0 Å². The second-order valence-electron chi connectivity index (χ2n) is 10.1. The Labute approximate surface area is 159 Å². The topological polar surface area (TPSA) is 32.3 Å². The van der Waals surface area contributed by atoms with Crippen LogP contribution in [0.5, 0.6) is 0 Å². The Bertz CT molecular complexity index is 575. The molecule has 1 aromatic carbocycles. The van der Waals surface area contributed by atoms with Crippen LogP contribution >= 0.6 is 0 Å². The highest BCUT2D eigenvalue weighted by molar-refractivity contribution is 5.82. The predicted octanol–water partition coefficient (Wildman–Crippen LogP) is 5.09. The Kier molecular flexibility index (Phi) is 7.03. The van der Waals surface area contributed by atoms with Crippen molar-refractivity contribution in [2.45, 2.75) is 92.7 Å². The van der Waals surface area contributed by atoms with Gasteiger partial charge < -0.3 is 5.32 Å². The van der Waals surface area contributed by atoms with E-state index in [1.807, 2.05) is 12.1 Å². The molecule has 0 bridgehead atoms. The quantitative estimate of drug-likeness (QED) is 0.789. The molecule has 0 unspecified atom stereocenters. The molecule has 0 aromatic heterocycles. The lowest BCUT2D eigenvalue weighted by Crippen LogP contribution is -2.65. The summed E-state index contributed by atoms with van der Waals surface area (Å²) in [6.07, 6.45) is 0. The van der Waals surface area contributed by atoms with Gasteiger partial charge in [-0.3, -0.25) is 9.69 Å². The summed E-state index contributed by atoms with van der Waals surface area (Å²) in [4.78, 5) is 15.5. The number of nitrogens with zero attached hydrogens (tertiary/aromatic N) is 1. The second-order valence-corrected chi connectivity index (χ2v) is 10.1. The maximum absolute atomic E-state index is 13.2. The van der Waals surface area contributed by atoms with Gasteiger partial charge in [0.1, 0.15) is 6.67 Å². The van der Waals surface area contributed by atoms with Crippen LogP contribution in [0.3, 0.4) is 0 Å². The molecule has 1 N–H and O–H groups in total. The Morgan fingerprint density at radius 3 is 1.69 bits per heavy atom. The summed E-state index contributed by atoms with van der Waals surface area (Å²) >= 11 is 0. The summed E-state index contributed by atoms with van der Waals surface area (Å²) in [7, 11) is 0. The molecular weight excluding hydrogens is 327 g/mol. The molecule has 0 aliphatic heterocycles. The lowest BCUT2D eigenvalue weighted by Gasteiger charge is -2.53. The van der Waals surface area contributed by atoms with Crippen molar-refractivity contribution in [1.29, 1.82) is 0 Å². The van der Waals surface area contributed by atoms with E-state index in [1.54, 1.807) is 12.1 Å². The van der Waals surface area contributed by atoms with Crippen LogP contribution in [0.15, 0.2) is 24.3 Å². The van der Waals surface area contributed by atoms with Gasteiger partial charge in [-0.05, 0) is 58.1 Å². The van der Waals surface area contributed by atoms with Gasteiger partial charge in [0.05, 0.1) is 6.04 Å². The zero-order valence-electron chi connectivity index (χ0n) is 18.0. The number of halogens is 1. The van der Waals surface area contributed by atoms with Gasteiger partial charge in [-0.25, -0.2) is 4.39 Å². The number of hydrogen-bond donors (Lipinski definition) is 1. The van der Waals surface area contributed by atoms with Gasteiger partial charge in [-0.1, -0.05) is 45.0 Å². The summed E-state index contributed by atoms with van der Waals surface area (Å²) in [5.41, 5.74) is 1.09. The van der Waals surface area contributed by atoms with E-state index in [-0.39, 0.29) is 28.4 Å². The minimum absolute atomic E-state index is 0.0249. The molecule has 0 radical (unpaired) electrons. The van der Waals surface area contributed by atoms with Gasteiger partial charge in [0.2, 0.25) is 5.91 Å². The average Bonchev–Trinajstić information content (AvgIpc) is 2.47. The first-order valence-electron chi connectivity index (χ1n) is 9.39. The van der Waals surface area contributed by atoms with Crippen molar-refractivity contribution >= 4 is 5.91 Å². The summed E-state index contributed by atoms with van der Waals surface area (Å²) in [6.45, 7) is 19.2. The molecule has 1 rings (SSSR count). The first kappa shape index (κ1) is 22.6. The van der Waals surface area contributed by atoms with Crippen LogP contribution in [0.1, 0.15) is 73.4 Å². The van der Waals surface area contributed by atoms with Crippen LogP contribution in [0.4, 0.5) is 4.39 Å². The number of hydrogen-bond acceptors (Lipinski definition) is 2. The molecule has 26 heavy (non-hydrogen) atoms. The van der Waals surface area contributed by atoms with Gasteiger partial charge in [-0.2, -0.15) is 0 Å². The normalized spacial score (nSPS) is 14.4. The maximum atomic E-state index is 13.2. The molecule has 1 atom stereocenters. The van der Waals surface area contributed by atoms with Crippen LogP contribution in [-0.4, -0.2) is 27.9 Å². The molecule has 4 heteroatoms. The van der Waals surface area contributed by atoms with Crippen LogP contribution < -0.4 is 5.32 Å². The van der Waals surface area contributed by atoms with Crippen LogP contribution in [0.2, 0.25) is 0 Å². The van der Waals surface area contributed by atoms with E-state index < -0.39 is 6.67 Å². The van der Waals surface area contributed by atoms with Crippen LogP contribution in [0, 0.1) is 5.41 Å². The molecule has 3 nitrogen and oxygen atoms in total. The number of carbonyl (C=O) groups is 1. The number of carbonyl (C=O) groups excluding carboxylic acids is 1. The molecule has 0 fully saturated rings. The Balaban J connectivity index is 3.06. The molecule has 0 saturated carbocycles. The lowest BCUT2D eigenvalue weighted by molar-refractivity contribution is -0.139. The molecule has 0 spiro atoms. The zero-order chi connectivity index (χ0) is 20.3. The third kappa shape index (κ3) is 6.08. The summed E-state index contributed by atoms with van der Waals surface area (Å²) in [5.74, 6) is 0.0249. The Hall–Kier alpha value is -1.42. The van der Waals surface area contributed by atoms with Crippen molar-refractivity contribution < 1.29 is 9.18 Å². The number of nitrogens with one attached hydrogen (secondary N) is 1. The minimum Gasteiger partial charge on any atom is -0.351 e. The van der Waals surface area contributed by atoms with E-state index in [0.717, 1.165) is 5.56 Å². The number of benzene rings is 1. The molecule has 0 saturated heterocycles. The molecule has 148 valence electrons. The van der Waals surface area contributed by atoms with Gasteiger partial charge in [0, 0.05) is 17.6 Å². The molecular formula is C22H37FN2O. The van der Waals surface area contributed by atoms with E-state index >= 15 is 0 Å². The second kappa shape index (κ2) is 8.08. The molecule has 1 amide bonds. The first-order valence-corrected chi connectivity index (χ1v) is 9.39. The van der Waals surface area contributed by atoms with Gasteiger partial charge >= 0.3 is 0 Å². The van der Waals surface area contributed by atoms with E-state index in [2.05, 4.69) is 72.5 Å². The predicted molar refractivity (Wildman–Crippen MR) is 108 cm³/mol. The van der Waals surface area contributed by atoms with Gasteiger partial charge in [-0.15, -0.1) is 0 Å². The Morgan fingerprint density at radius 2 is 1.35 bits per heavy atom. The highest BCUT2D eigenvalue weighted by Crippen LogP contribution is 2.35. The van der Waals surface area contributed by atoms with E-state index in [4.69, 9.17) is 0 Å². The fraction of sp³-hybridized carbons (Fsp3) is 0.682. The molecule has 0 aliphatic carbocycles. The van der Waals surface area contributed by atoms with Crippen molar-refractivity contribution in [3.63, 3.8) is 0 Å². The SMILES string of the molecule is CC(C)(C)[C@H](C(=O)NCc1ccc(CF)cc1)N(C(C)(C)C)C(C)(C)C. The highest BCUT2D eigenvalue weighted by Gasteiger charge is 2.45. The van der Waals surface area contributed by atoms with Gasteiger partial charge in [0.15, 0.2) is 0 Å². The largest absolute Gasteiger partial charge is 0.351 e. The summed E-state index contributed by atoms with van der Waals surface area (Å²) < 4.78 is 12.6. The summed E-state index contributed by atoms with van der Waals surface area (Å²) in [6, 6.07) is 6.99. The molecule has 0 aliphatic rings. The number of rotatable bonds is 5. The fourth-order valence-corrected chi connectivity index (χ4v) is 3.71. The van der Waals surface area contributed by atoms with Crippen molar-refractivity contribution in [3.05, 3.63) is 35.4 Å². The van der Waals surface area contributed by atoms with Crippen molar-refractivity contribution in [3.8, 4) is 0 Å². The molecule has 0 heterocycles. The van der Waals surface area contributed by atoms with E-state index in [0.29, 0.717) is 12.1 Å². The average molecular weight is 365 g/mol. The number of alkyl halides is 1. The smallest absolute Gasteiger partial charge is 0.238 e. The third-order valence-corrected chi connectivity index (χ3v) is 4.42. The van der Waals surface area contributed by atoms with Crippen molar-refractivity contribution in [1.82, 2.24) is 10.2 Å². The standard InChI is InChI=1S/C22H37FN2O/c1-20(2,3)18(25(21(4,5)6)22(7,8)9)19(26)24-15-17-12-10-16(14-23)11-13-17/h10-13,18H,14-15H2,1-9H3,(H,24,26)/t18-/m0/s1. The van der Waals surface area contributed by atoms with Crippen molar-refractivity contribution in [2.24, 2.45) is 5.41 Å². The fourth-order valence-electron chi connectivity index (χ4n) is 3.71. The zero-order valence-corrected chi connectivity index (χ0v) is 18.0. The van der Waals surface area contributed by atoms with E-state index in [1.165, 1.54) is 0 Å². The molecule has 1 aromatic rings. The summed E-state index contributed by atoms with van der Waals surface area (Å²) in [5, 5.41) is 3.09. The highest BCUT2D eigenvalue weighted by atomic mass is 19.1. The first-order chi connectivity index (χ1) is 11.7. The minimum atomic E-state index is -0.467. The van der Waals surface area contributed by atoms with Crippen LogP contribution in [-0.2, 0) is 18.0 Å². The van der Waals surface area contributed by atoms with Gasteiger partial charge in [0.25, 0.3) is 0 Å². The van der Waals surface area contributed by atoms with Crippen LogP contribution in [0.25, 0.3) is 0 Å².